The summed E-state index contributed by atoms with van der Waals surface area (Å²) in [5.41, 5.74) is 1.25. The smallest absolute Gasteiger partial charge is 0.309 e. The van der Waals surface area contributed by atoms with Crippen molar-refractivity contribution in [1.29, 1.82) is 0 Å². The average molecular weight is 327 g/mol. The molecular weight excluding hydrogens is 308 g/mol. The van der Waals surface area contributed by atoms with Gasteiger partial charge in [0.2, 0.25) is 0 Å². The molecule has 0 spiro atoms. The molecule has 1 aromatic rings. The summed E-state index contributed by atoms with van der Waals surface area (Å²) in [4.78, 5) is 24.5. The number of ether oxygens (including phenoxy) is 1. The van der Waals surface area contributed by atoms with Crippen molar-refractivity contribution in [2.45, 2.75) is 26.7 Å². The SMILES string of the molecule is CCOC(=O)C1CCN(c2cc(Cl)c(C)cc2[N+](=O)[O-])CC1. The van der Waals surface area contributed by atoms with Crippen molar-refractivity contribution < 1.29 is 14.5 Å². The summed E-state index contributed by atoms with van der Waals surface area (Å²) in [5.74, 6) is -0.310. The van der Waals surface area contributed by atoms with Crippen LogP contribution in [0.4, 0.5) is 11.4 Å². The van der Waals surface area contributed by atoms with E-state index in [4.69, 9.17) is 16.3 Å². The first-order valence-corrected chi connectivity index (χ1v) is 7.68. The Kier molecular flexibility index (Phi) is 5.24. The van der Waals surface area contributed by atoms with Gasteiger partial charge in [0.15, 0.2) is 0 Å². The largest absolute Gasteiger partial charge is 0.466 e. The third-order valence-corrected chi connectivity index (χ3v) is 4.32. The Hall–Kier alpha value is -1.82. The Morgan fingerprint density at radius 3 is 2.64 bits per heavy atom. The van der Waals surface area contributed by atoms with Crippen LogP contribution in [0, 0.1) is 23.0 Å². The van der Waals surface area contributed by atoms with Gasteiger partial charge in [0, 0.05) is 24.2 Å². The van der Waals surface area contributed by atoms with Crippen LogP contribution in [0.15, 0.2) is 12.1 Å². The van der Waals surface area contributed by atoms with Crippen LogP contribution in [0.3, 0.4) is 0 Å². The van der Waals surface area contributed by atoms with Gasteiger partial charge in [0.05, 0.1) is 17.4 Å². The minimum atomic E-state index is -0.393. The molecule has 1 saturated heterocycles. The van der Waals surface area contributed by atoms with Gasteiger partial charge in [0.1, 0.15) is 5.69 Å². The zero-order chi connectivity index (χ0) is 16.3. The fraction of sp³-hybridized carbons (Fsp3) is 0.533. The molecule has 0 N–H and O–H groups in total. The standard InChI is InChI=1S/C15H19ClN2O4/c1-3-22-15(19)11-4-6-17(7-5-11)13-9-12(16)10(2)8-14(13)18(20)21/h8-9,11H,3-7H2,1-2H3. The number of hydrogen-bond donors (Lipinski definition) is 0. The van der Waals surface area contributed by atoms with Crippen LogP contribution >= 0.6 is 11.6 Å². The summed E-state index contributed by atoms with van der Waals surface area (Å²) in [6.45, 7) is 5.04. The number of benzene rings is 1. The lowest BCUT2D eigenvalue weighted by Crippen LogP contribution is -2.37. The molecule has 0 amide bonds. The van der Waals surface area contributed by atoms with Crippen LogP contribution in [-0.4, -0.2) is 30.6 Å². The number of hydrogen-bond acceptors (Lipinski definition) is 5. The molecule has 1 aliphatic heterocycles. The first-order valence-electron chi connectivity index (χ1n) is 7.30. The van der Waals surface area contributed by atoms with E-state index in [2.05, 4.69) is 0 Å². The van der Waals surface area contributed by atoms with Crippen molar-refractivity contribution in [3.8, 4) is 0 Å². The summed E-state index contributed by atoms with van der Waals surface area (Å²) >= 11 is 6.11. The number of carbonyl (C=O) groups is 1. The van der Waals surface area contributed by atoms with Crippen molar-refractivity contribution >= 4 is 28.9 Å². The van der Waals surface area contributed by atoms with E-state index in [0.717, 1.165) is 0 Å². The number of halogens is 1. The Morgan fingerprint density at radius 1 is 1.45 bits per heavy atom. The molecule has 7 heteroatoms. The third-order valence-electron chi connectivity index (χ3n) is 3.91. The molecule has 0 bridgehead atoms. The molecule has 0 atom stereocenters. The number of aryl methyl sites for hydroxylation is 1. The van der Waals surface area contributed by atoms with Crippen molar-refractivity contribution in [3.63, 3.8) is 0 Å². The Morgan fingerprint density at radius 2 is 2.09 bits per heavy atom. The molecule has 0 unspecified atom stereocenters. The first-order chi connectivity index (χ1) is 10.4. The molecule has 0 aromatic heterocycles. The van der Waals surface area contributed by atoms with Crippen molar-refractivity contribution in [2.75, 3.05) is 24.6 Å². The average Bonchev–Trinajstić information content (AvgIpc) is 2.50. The second kappa shape index (κ2) is 6.96. The molecule has 1 aliphatic rings. The highest BCUT2D eigenvalue weighted by atomic mass is 35.5. The maximum atomic E-state index is 11.7. The summed E-state index contributed by atoms with van der Waals surface area (Å²) in [7, 11) is 0. The molecule has 6 nitrogen and oxygen atoms in total. The lowest BCUT2D eigenvalue weighted by molar-refractivity contribution is -0.384. The maximum absolute atomic E-state index is 11.7. The molecule has 22 heavy (non-hydrogen) atoms. The van der Waals surface area contributed by atoms with Gasteiger partial charge in [-0.2, -0.15) is 0 Å². The van der Waals surface area contributed by atoms with Crippen LogP contribution in [0.5, 0.6) is 0 Å². The Labute approximate surface area is 134 Å². The fourth-order valence-corrected chi connectivity index (χ4v) is 2.83. The van der Waals surface area contributed by atoms with Crippen molar-refractivity contribution in [1.82, 2.24) is 0 Å². The molecule has 1 aromatic carbocycles. The van der Waals surface area contributed by atoms with Gasteiger partial charge < -0.3 is 9.64 Å². The number of piperidine rings is 1. The molecule has 120 valence electrons. The minimum absolute atomic E-state index is 0.0523. The second-order valence-electron chi connectivity index (χ2n) is 5.36. The fourth-order valence-electron chi connectivity index (χ4n) is 2.67. The molecule has 0 aliphatic carbocycles. The zero-order valence-corrected chi connectivity index (χ0v) is 13.4. The van der Waals surface area contributed by atoms with Crippen molar-refractivity contribution in [3.05, 3.63) is 32.8 Å². The van der Waals surface area contributed by atoms with E-state index in [1.54, 1.807) is 19.9 Å². The summed E-state index contributed by atoms with van der Waals surface area (Å²) < 4.78 is 5.03. The Bertz CT molecular complexity index is 583. The highest BCUT2D eigenvalue weighted by molar-refractivity contribution is 6.31. The van der Waals surface area contributed by atoms with Gasteiger partial charge in [0.25, 0.3) is 5.69 Å². The van der Waals surface area contributed by atoms with E-state index in [9.17, 15) is 14.9 Å². The van der Waals surface area contributed by atoms with Gasteiger partial charge in [-0.05, 0) is 38.3 Å². The molecule has 0 saturated carbocycles. The highest BCUT2D eigenvalue weighted by Gasteiger charge is 2.29. The topological polar surface area (TPSA) is 72.7 Å². The predicted molar refractivity (Wildman–Crippen MR) is 84.4 cm³/mol. The predicted octanol–water partition coefficient (Wildman–Crippen LogP) is 3.34. The first kappa shape index (κ1) is 16.5. The number of nitro benzene ring substituents is 1. The van der Waals surface area contributed by atoms with Gasteiger partial charge in [-0.25, -0.2) is 0 Å². The molecule has 1 fully saturated rings. The minimum Gasteiger partial charge on any atom is -0.466 e. The third kappa shape index (κ3) is 3.50. The lowest BCUT2D eigenvalue weighted by Gasteiger charge is -2.32. The monoisotopic (exact) mass is 326 g/mol. The van der Waals surface area contributed by atoms with E-state index in [1.807, 2.05) is 4.90 Å². The number of anilines is 1. The van der Waals surface area contributed by atoms with E-state index < -0.39 is 4.92 Å². The van der Waals surface area contributed by atoms with Crippen LogP contribution in [0.25, 0.3) is 0 Å². The van der Waals surface area contributed by atoms with Crippen LogP contribution in [-0.2, 0) is 9.53 Å². The van der Waals surface area contributed by atoms with Gasteiger partial charge in [-0.3, -0.25) is 14.9 Å². The number of carbonyl (C=O) groups excluding carboxylic acids is 1. The Balaban J connectivity index is 2.16. The molecular formula is C15H19ClN2O4. The second-order valence-corrected chi connectivity index (χ2v) is 5.77. The number of esters is 1. The van der Waals surface area contributed by atoms with Gasteiger partial charge in [-0.1, -0.05) is 11.6 Å². The maximum Gasteiger partial charge on any atom is 0.309 e. The number of nitro groups is 1. The van der Waals surface area contributed by atoms with Gasteiger partial charge in [-0.15, -0.1) is 0 Å². The molecule has 2 rings (SSSR count). The van der Waals surface area contributed by atoms with Crippen molar-refractivity contribution in [2.24, 2.45) is 5.92 Å². The van der Waals surface area contributed by atoms with E-state index in [1.165, 1.54) is 6.07 Å². The van der Waals surface area contributed by atoms with Crippen LogP contribution < -0.4 is 4.90 Å². The zero-order valence-electron chi connectivity index (χ0n) is 12.7. The van der Waals surface area contributed by atoms with E-state index >= 15 is 0 Å². The number of rotatable bonds is 4. The lowest BCUT2D eigenvalue weighted by atomic mass is 9.96. The van der Waals surface area contributed by atoms with E-state index in [-0.39, 0.29) is 17.6 Å². The summed E-state index contributed by atoms with van der Waals surface area (Å²) in [6, 6.07) is 3.13. The van der Waals surface area contributed by atoms with Gasteiger partial charge >= 0.3 is 5.97 Å². The molecule has 0 radical (unpaired) electrons. The molecule has 1 heterocycles. The normalized spacial score (nSPS) is 15.7. The summed E-state index contributed by atoms with van der Waals surface area (Å²) in [6.07, 6.45) is 1.25. The highest BCUT2D eigenvalue weighted by Crippen LogP contribution is 2.35. The quantitative estimate of drug-likeness (QED) is 0.482. The number of nitrogens with zero attached hydrogens (tertiary/aromatic N) is 2. The van der Waals surface area contributed by atoms with Crippen LogP contribution in [0.1, 0.15) is 25.3 Å². The van der Waals surface area contributed by atoms with E-state index in [0.29, 0.717) is 48.8 Å². The summed E-state index contributed by atoms with van der Waals surface area (Å²) in [5, 5.41) is 11.8. The van der Waals surface area contributed by atoms with Crippen LogP contribution in [0.2, 0.25) is 5.02 Å².